The molecule has 1 amide bonds. The van der Waals surface area contributed by atoms with Crippen LogP contribution in [0.3, 0.4) is 0 Å². The number of fused-ring (bicyclic) bond motifs is 1. The van der Waals surface area contributed by atoms with Crippen LogP contribution in [0.1, 0.15) is 12.5 Å². The predicted octanol–water partition coefficient (Wildman–Crippen LogP) is 2.00. The Morgan fingerprint density at radius 2 is 2.17 bits per heavy atom. The van der Waals surface area contributed by atoms with Crippen LogP contribution in [-0.2, 0) is 4.79 Å². The third-order valence-electron chi connectivity index (χ3n) is 5.42. The highest BCUT2D eigenvalue weighted by molar-refractivity contribution is 6.08. The summed E-state index contributed by atoms with van der Waals surface area (Å²) < 4.78 is 40.5. The van der Waals surface area contributed by atoms with Crippen LogP contribution in [0.15, 0.2) is 52.6 Å². The molecule has 0 aromatic heterocycles. The lowest BCUT2D eigenvalue weighted by atomic mass is 10.0. The SMILES string of the molecule is CCN(C(=O)CO)C1CN(C(=Nc2cccc(OC(F)F)c2)NC#N)N=C1c1ccc2c(c1)OCO2. The molecule has 2 aliphatic heterocycles. The number of aliphatic hydroxyl groups is 1. The van der Waals surface area contributed by atoms with Crippen LogP contribution >= 0.6 is 0 Å². The van der Waals surface area contributed by atoms with E-state index in [0.717, 1.165) is 0 Å². The summed E-state index contributed by atoms with van der Waals surface area (Å²) in [6.07, 6.45) is 1.79. The number of ether oxygens (including phenoxy) is 3. The van der Waals surface area contributed by atoms with E-state index in [-0.39, 0.29) is 37.3 Å². The number of hydrazone groups is 1. The number of hydrogen-bond donors (Lipinski definition) is 2. The number of nitrogens with one attached hydrogen (secondary N) is 1. The maximum atomic E-state index is 12.6. The molecule has 36 heavy (non-hydrogen) atoms. The van der Waals surface area contributed by atoms with Gasteiger partial charge in [0.25, 0.3) is 0 Å². The fourth-order valence-corrected chi connectivity index (χ4v) is 3.89. The van der Waals surface area contributed by atoms with Crippen molar-refractivity contribution < 1.29 is 32.9 Å². The number of amides is 1. The number of benzene rings is 2. The molecule has 2 heterocycles. The second-order valence-corrected chi connectivity index (χ2v) is 7.54. The first-order valence-electron chi connectivity index (χ1n) is 10.9. The lowest BCUT2D eigenvalue weighted by Crippen LogP contribution is -2.49. The van der Waals surface area contributed by atoms with E-state index in [1.807, 2.05) is 0 Å². The molecule has 4 rings (SSSR count). The molecule has 0 fully saturated rings. The van der Waals surface area contributed by atoms with Gasteiger partial charge in [0.15, 0.2) is 17.7 Å². The molecule has 188 valence electrons. The fourth-order valence-electron chi connectivity index (χ4n) is 3.89. The number of halogens is 2. The van der Waals surface area contributed by atoms with Crippen molar-refractivity contribution in [2.24, 2.45) is 10.1 Å². The van der Waals surface area contributed by atoms with E-state index in [9.17, 15) is 23.9 Å². The van der Waals surface area contributed by atoms with Crippen LogP contribution in [0.2, 0.25) is 0 Å². The average Bonchev–Trinajstić information content (AvgIpc) is 3.51. The van der Waals surface area contributed by atoms with Crippen molar-refractivity contribution in [3.63, 3.8) is 0 Å². The minimum Gasteiger partial charge on any atom is -0.454 e. The zero-order valence-electron chi connectivity index (χ0n) is 19.1. The number of likely N-dealkylation sites (N-methyl/N-ethyl adjacent to an activating group) is 1. The average molecular weight is 500 g/mol. The van der Waals surface area contributed by atoms with E-state index in [1.54, 1.807) is 37.4 Å². The van der Waals surface area contributed by atoms with Crippen molar-refractivity contribution in [2.45, 2.75) is 19.6 Å². The first-order chi connectivity index (χ1) is 17.4. The van der Waals surface area contributed by atoms with Gasteiger partial charge in [-0.1, -0.05) is 6.07 Å². The number of carbonyl (C=O) groups is 1. The molecule has 2 N–H and O–H groups in total. The summed E-state index contributed by atoms with van der Waals surface area (Å²) in [6.45, 7) is -1.45. The summed E-state index contributed by atoms with van der Waals surface area (Å²) in [5.74, 6) is 0.492. The summed E-state index contributed by atoms with van der Waals surface area (Å²) in [4.78, 5) is 18.3. The molecule has 1 unspecified atom stereocenters. The fraction of sp³-hybridized carbons (Fsp3) is 0.304. The number of aliphatic imine (C=N–C) groups is 1. The molecular formula is C23H22F2N6O5. The lowest BCUT2D eigenvalue weighted by Gasteiger charge is -2.28. The molecule has 0 spiro atoms. The Hall–Kier alpha value is -4.44. The van der Waals surface area contributed by atoms with Gasteiger partial charge in [-0.05, 0) is 37.3 Å². The highest BCUT2D eigenvalue weighted by atomic mass is 19.3. The van der Waals surface area contributed by atoms with Gasteiger partial charge >= 0.3 is 6.61 Å². The van der Waals surface area contributed by atoms with Crippen molar-refractivity contribution in [2.75, 3.05) is 26.5 Å². The van der Waals surface area contributed by atoms with Gasteiger partial charge in [-0.15, -0.1) is 0 Å². The maximum Gasteiger partial charge on any atom is 0.387 e. The summed E-state index contributed by atoms with van der Waals surface area (Å²) >= 11 is 0. The normalized spacial score (nSPS) is 16.6. The van der Waals surface area contributed by atoms with Gasteiger partial charge in [-0.3, -0.25) is 10.1 Å². The second-order valence-electron chi connectivity index (χ2n) is 7.54. The molecule has 13 heteroatoms. The van der Waals surface area contributed by atoms with Gasteiger partial charge in [0.1, 0.15) is 12.4 Å². The van der Waals surface area contributed by atoms with Crippen LogP contribution < -0.4 is 19.5 Å². The Kier molecular flexibility index (Phi) is 7.45. The number of rotatable bonds is 7. The number of hydrogen-bond acceptors (Lipinski definition) is 8. The number of carbonyl (C=O) groups excluding carboxylic acids is 1. The van der Waals surface area contributed by atoms with Crippen molar-refractivity contribution in [1.29, 1.82) is 5.26 Å². The quantitative estimate of drug-likeness (QED) is 0.255. The first kappa shape index (κ1) is 24.7. The first-order valence-corrected chi connectivity index (χ1v) is 10.9. The maximum absolute atomic E-state index is 12.6. The predicted molar refractivity (Wildman–Crippen MR) is 123 cm³/mol. The smallest absolute Gasteiger partial charge is 0.387 e. The Bertz CT molecular complexity index is 1230. The van der Waals surface area contributed by atoms with Crippen LogP contribution in [0, 0.1) is 11.5 Å². The topological polar surface area (TPSA) is 132 Å². The molecule has 2 aromatic rings. The molecule has 0 saturated heterocycles. The summed E-state index contributed by atoms with van der Waals surface area (Å²) in [6, 6.07) is 10.3. The van der Waals surface area contributed by atoms with E-state index in [0.29, 0.717) is 22.8 Å². The van der Waals surface area contributed by atoms with E-state index in [1.165, 1.54) is 28.1 Å². The zero-order chi connectivity index (χ0) is 25.7. The Morgan fingerprint density at radius 1 is 1.36 bits per heavy atom. The number of nitriles is 1. The third-order valence-corrected chi connectivity index (χ3v) is 5.42. The van der Waals surface area contributed by atoms with Gasteiger partial charge in [-0.25, -0.2) is 10.0 Å². The zero-order valence-corrected chi connectivity index (χ0v) is 19.1. The van der Waals surface area contributed by atoms with Crippen LogP contribution in [0.5, 0.6) is 17.2 Å². The molecular weight excluding hydrogens is 478 g/mol. The number of aliphatic hydroxyl groups excluding tert-OH is 1. The Labute approximate surface area is 204 Å². The van der Waals surface area contributed by atoms with Gasteiger partial charge in [0.05, 0.1) is 24.0 Å². The van der Waals surface area contributed by atoms with Crippen molar-refractivity contribution in [3.05, 3.63) is 48.0 Å². The Morgan fingerprint density at radius 3 is 2.89 bits per heavy atom. The molecule has 0 bridgehead atoms. The van der Waals surface area contributed by atoms with Crippen LogP contribution in [-0.4, -0.2) is 71.7 Å². The second kappa shape index (κ2) is 10.9. The standard InChI is InChI=1S/C23H22F2N6O5/c1-2-30(20(33)11-32)17-10-31(29-21(17)14-6-7-18-19(8-14)35-13-34-18)23(27-12-26)28-15-4-3-5-16(9-15)36-22(24)25/h3-9,17,22,32H,2,10-11,13H2,1H3,(H,27,28). The third kappa shape index (κ3) is 5.28. The van der Waals surface area contributed by atoms with Crippen LogP contribution in [0.25, 0.3) is 0 Å². The molecule has 2 aromatic carbocycles. The number of guanidine groups is 1. The number of alkyl halides is 2. The van der Waals surface area contributed by atoms with Gasteiger partial charge in [0, 0.05) is 18.2 Å². The molecule has 2 aliphatic rings. The van der Waals surface area contributed by atoms with E-state index in [4.69, 9.17) is 9.47 Å². The summed E-state index contributed by atoms with van der Waals surface area (Å²) in [7, 11) is 0. The molecule has 1 atom stereocenters. The summed E-state index contributed by atoms with van der Waals surface area (Å²) in [5.41, 5.74) is 1.34. The minimum atomic E-state index is -3.00. The van der Waals surface area contributed by atoms with Crippen LogP contribution in [0.4, 0.5) is 14.5 Å². The molecule has 0 saturated carbocycles. The highest BCUT2D eigenvalue weighted by Crippen LogP contribution is 2.34. The molecule has 11 nitrogen and oxygen atoms in total. The minimum absolute atomic E-state index is 0.0000548. The molecule has 0 aliphatic carbocycles. The van der Waals surface area contributed by atoms with E-state index < -0.39 is 25.2 Å². The Balaban J connectivity index is 1.73. The van der Waals surface area contributed by atoms with Crippen molar-refractivity contribution in [1.82, 2.24) is 15.2 Å². The van der Waals surface area contributed by atoms with Gasteiger partial charge in [-0.2, -0.15) is 19.1 Å². The van der Waals surface area contributed by atoms with Gasteiger partial charge < -0.3 is 24.2 Å². The van der Waals surface area contributed by atoms with Crippen molar-refractivity contribution >= 4 is 23.3 Å². The monoisotopic (exact) mass is 500 g/mol. The van der Waals surface area contributed by atoms with Gasteiger partial charge in [0.2, 0.25) is 18.7 Å². The van der Waals surface area contributed by atoms with E-state index in [2.05, 4.69) is 20.1 Å². The summed E-state index contributed by atoms with van der Waals surface area (Å²) in [5, 5.41) is 27.3. The molecule has 0 radical (unpaired) electrons. The van der Waals surface area contributed by atoms with E-state index >= 15 is 0 Å². The largest absolute Gasteiger partial charge is 0.454 e. The highest BCUT2D eigenvalue weighted by Gasteiger charge is 2.36. The lowest BCUT2D eigenvalue weighted by molar-refractivity contribution is -0.135. The number of nitrogens with zero attached hydrogens (tertiary/aromatic N) is 5. The van der Waals surface area contributed by atoms with Crippen molar-refractivity contribution in [3.8, 4) is 23.4 Å².